The highest BCUT2D eigenvalue weighted by Gasteiger charge is 2.59. The number of methoxy groups -OCH3 is 2. The summed E-state index contributed by atoms with van der Waals surface area (Å²) in [5.74, 6) is 0. The summed E-state index contributed by atoms with van der Waals surface area (Å²) in [5, 5.41) is 0.193. The molecular weight excluding hydrogens is 483 g/mol. The first-order chi connectivity index (χ1) is 17.8. The molecule has 3 aromatic carbocycles. The maximum atomic E-state index is 15.3. The first-order valence-corrected chi connectivity index (χ1v) is 14.5. The normalized spacial score (nSPS) is 16.2. The van der Waals surface area contributed by atoms with Crippen molar-refractivity contribution in [1.29, 1.82) is 0 Å². The summed E-state index contributed by atoms with van der Waals surface area (Å²) in [4.78, 5) is 29.3. The van der Waals surface area contributed by atoms with E-state index < -0.39 is 29.4 Å². The van der Waals surface area contributed by atoms with E-state index in [2.05, 4.69) is 6.92 Å². The summed E-state index contributed by atoms with van der Waals surface area (Å²) >= 11 is 0. The molecule has 0 spiro atoms. The van der Waals surface area contributed by atoms with Gasteiger partial charge >= 0.3 is 0 Å². The second kappa shape index (κ2) is 12.1. The monoisotopic (exact) mass is 520 g/mol. The molecule has 6 heteroatoms. The molecule has 0 radical (unpaired) electrons. The van der Waals surface area contributed by atoms with Crippen LogP contribution in [0.2, 0.25) is 0 Å². The molecule has 37 heavy (non-hydrogen) atoms. The standard InChI is InChI=1S/C31H37O5P/c1-6-15-24-20-22-27(23-21-24)37(34,28(32)30(7-2,35-4)25-16-11-9-12-17-25)29(33)31(8-3,36-5)26-18-13-10-14-19-26/h9-14,16-23H,6-8,15H2,1-5H3. The van der Waals surface area contributed by atoms with Crippen LogP contribution in [0.1, 0.15) is 56.7 Å². The molecule has 0 aromatic heterocycles. The van der Waals surface area contributed by atoms with E-state index in [9.17, 15) is 9.59 Å². The molecule has 0 heterocycles. The van der Waals surface area contributed by atoms with Gasteiger partial charge in [-0.1, -0.05) is 112 Å². The average Bonchev–Trinajstić information content (AvgIpc) is 2.96. The lowest BCUT2D eigenvalue weighted by Gasteiger charge is -2.37. The predicted octanol–water partition coefficient (Wildman–Crippen LogP) is 6.58. The number of benzene rings is 3. The van der Waals surface area contributed by atoms with Gasteiger partial charge in [-0.2, -0.15) is 0 Å². The third-order valence-corrected chi connectivity index (χ3v) is 10.2. The van der Waals surface area contributed by atoms with Crippen LogP contribution in [0.15, 0.2) is 84.9 Å². The minimum absolute atomic E-state index is 0.193. The van der Waals surface area contributed by atoms with Gasteiger partial charge < -0.3 is 14.0 Å². The van der Waals surface area contributed by atoms with Crippen LogP contribution < -0.4 is 5.30 Å². The second-order valence-electron chi connectivity index (χ2n) is 9.14. The molecule has 0 amide bonds. The third kappa shape index (κ3) is 5.01. The van der Waals surface area contributed by atoms with Crippen molar-refractivity contribution in [3.05, 3.63) is 102 Å². The molecule has 0 fully saturated rings. The number of hydrogen-bond acceptors (Lipinski definition) is 5. The molecule has 0 N–H and O–H groups in total. The van der Waals surface area contributed by atoms with Gasteiger partial charge in [0.25, 0.3) is 0 Å². The zero-order valence-electron chi connectivity index (χ0n) is 22.4. The maximum Gasteiger partial charge on any atom is 0.246 e. The van der Waals surface area contributed by atoms with Crippen molar-refractivity contribution in [2.45, 2.75) is 57.7 Å². The molecule has 0 saturated carbocycles. The highest BCUT2D eigenvalue weighted by molar-refractivity contribution is 8.00. The largest absolute Gasteiger partial charge is 0.365 e. The number of carbonyl (C=O) groups is 2. The van der Waals surface area contributed by atoms with Gasteiger partial charge in [-0.3, -0.25) is 9.59 Å². The molecule has 5 nitrogen and oxygen atoms in total. The SMILES string of the molecule is CCCc1ccc(P(=O)(C(=O)C(CC)(OC)c2ccccc2)C(=O)C(CC)(OC)c2ccccc2)cc1. The molecule has 3 rings (SSSR count). The van der Waals surface area contributed by atoms with Crippen molar-refractivity contribution in [2.24, 2.45) is 0 Å². The maximum absolute atomic E-state index is 15.3. The van der Waals surface area contributed by atoms with E-state index in [-0.39, 0.29) is 18.1 Å². The van der Waals surface area contributed by atoms with Crippen molar-refractivity contribution in [2.75, 3.05) is 14.2 Å². The van der Waals surface area contributed by atoms with Crippen molar-refractivity contribution < 1.29 is 23.6 Å². The van der Waals surface area contributed by atoms with E-state index in [1.807, 2.05) is 24.3 Å². The predicted molar refractivity (Wildman–Crippen MR) is 149 cm³/mol. The van der Waals surface area contributed by atoms with E-state index in [4.69, 9.17) is 9.47 Å². The van der Waals surface area contributed by atoms with Crippen LogP contribution in [0.4, 0.5) is 0 Å². The lowest BCUT2D eigenvalue weighted by molar-refractivity contribution is -0.138. The van der Waals surface area contributed by atoms with Gasteiger partial charge in [-0.15, -0.1) is 0 Å². The fraction of sp³-hybridized carbons (Fsp3) is 0.355. The molecule has 0 saturated heterocycles. The van der Waals surface area contributed by atoms with E-state index in [1.54, 1.807) is 74.5 Å². The van der Waals surface area contributed by atoms with Crippen LogP contribution in [0.25, 0.3) is 0 Å². The van der Waals surface area contributed by atoms with Crippen LogP contribution in [-0.2, 0) is 41.3 Å². The molecule has 0 aliphatic heterocycles. The number of rotatable bonds is 13. The van der Waals surface area contributed by atoms with Gasteiger partial charge in [-0.25, -0.2) is 0 Å². The minimum atomic E-state index is -4.46. The number of hydrogen-bond donors (Lipinski definition) is 0. The Kier molecular flexibility index (Phi) is 9.41. The van der Waals surface area contributed by atoms with Gasteiger partial charge in [-0.05, 0) is 36.0 Å². The van der Waals surface area contributed by atoms with Crippen LogP contribution in [0.3, 0.4) is 0 Å². The molecular formula is C31H37O5P. The number of ether oxygens (including phenoxy) is 2. The zero-order valence-corrected chi connectivity index (χ0v) is 23.3. The molecule has 196 valence electrons. The zero-order chi connectivity index (χ0) is 27.1. The van der Waals surface area contributed by atoms with Crippen molar-refractivity contribution in [3.8, 4) is 0 Å². The van der Waals surface area contributed by atoms with Gasteiger partial charge in [0.05, 0.1) is 0 Å². The Morgan fingerprint density at radius 3 is 1.41 bits per heavy atom. The Bertz CT molecular complexity index is 1160. The fourth-order valence-electron chi connectivity index (χ4n) is 5.07. The lowest BCUT2D eigenvalue weighted by Crippen LogP contribution is -2.46. The summed E-state index contributed by atoms with van der Waals surface area (Å²) in [5.41, 5.74) is -2.47. The van der Waals surface area contributed by atoms with Crippen molar-refractivity contribution in [1.82, 2.24) is 0 Å². The van der Waals surface area contributed by atoms with E-state index >= 15 is 4.57 Å². The first kappa shape index (κ1) is 28.7. The Labute approximate surface area is 220 Å². The molecule has 2 atom stereocenters. The molecule has 0 aliphatic rings. The Hall–Kier alpha value is -2.85. The van der Waals surface area contributed by atoms with Crippen molar-refractivity contribution in [3.63, 3.8) is 0 Å². The van der Waals surface area contributed by atoms with Gasteiger partial charge in [0.1, 0.15) is 0 Å². The summed E-state index contributed by atoms with van der Waals surface area (Å²) in [6, 6.07) is 24.9. The Balaban J connectivity index is 2.33. The molecule has 0 aliphatic carbocycles. The first-order valence-electron chi connectivity index (χ1n) is 12.8. The lowest BCUT2D eigenvalue weighted by atomic mass is 9.92. The van der Waals surface area contributed by atoms with Crippen LogP contribution in [0.5, 0.6) is 0 Å². The smallest absolute Gasteiger partial charge is 0.246 e. The van der Waals surface area contributed by atoms with Gasteiger partial charge in [0.2, 0.25) is 18.2 Å². The van der Waals surface area contributed by atoms with Crippen LogP contribution >= 0.6 is 7.14 Å². The van der Waals surface area contributed by atoms with E-state index in [0.717, 1.165) is 18.4 Å². The highest BCUT2D eigenvalue weighted by Crippen LogP contribution is 2.58. The molecule has 2 unspecified atom stereocenters. The molecule has 3 aromatic rings. The van der Waals surface area contributed by atoms with Crippen LogP contribution in [0, 0.1) is 0 Å². The summed E-state index contributed by atoms with van der Waals surface area (Å²) in [7, 11) is -1.61. The highest BCUT2D eigenvalue weighted by atomic mass is 31.2. The summed E-state index contributed by atoms with van der Waals surface area (Å²) in [6.07, 6.45) is 2.19. The summed E-state index contributed by atoms with van der Waals surface area (Å²) in [6.45, 7) is 5.68. The van der Waals surface area contributed by atoms with E-state index in [0.29, 0.717) is 11.1 Å². The quantitative estimate of drug-likeness (QED) is 0.238. The fourth-order valence-corrected chi connectivity index (χ4v) is 8.06. The topological polar surface area (TPSA) is 69.7 Å². The number of carbonyl (C=O) groups excluding carboxylic acids is 2. The van der Waals surface area contributed by atoms with Gasteiger partial charge in [0, 0.05) is 19.5 Å². The second-order valence-corrected chi connectivity index (χ2v) is 11.7. The van der Waals surface area contributed by atoms with Crippen LogP contribution in [-0.4, -0.2) is 25.3 Å². The average molecular weight is 521 g/mol. The van der Waals surface area contributed by atoms with Crippen molar-refractivity contribution >= 4 is 23.5 Å². The Morgan fingerprint density at radius 2 is 1.08 bits per heavy atom. The van der Waals surface area contributed by atoms with E-state index in [1.165, 1.54) is 14.2 Å². The minimum Gasteiger partial charge on any atom is -0.365 e. The van der Waals surface area contributed by atoms with Gasteiger partial charge in [0.15, 0.2) is 11.2 Å². The molecule has 0 bridgehead atoms. The summed E-state index contributed by atoms with van der Waals surface area (Å²) < 4.78 is 27.1. The third-order valence-electron chi connectivity index (χ3n) is 7.27. The Morgan fingerprint density at radius 1 is 0.676 bits per heavy atom. The number of aryl methyl sites for hydroxylation is 1.